The SMILES string of the molecule is CO[C@@H]1C=CCC[C@@H]1C(=O)Cl. The number of hydrogen-bond donors (Lipinski definition) is 0. The van der Waals surface area contributed by atoms with Gasteiger partial charge in [0.15, 0.2) is 0 Å². The summed E-state index contributed by atoms with van der Waals surface area (Å²) in [5.41, 5.74) is 0. The average molecular weight is 175 g/mol. The molecule has 3 heteroatoms. The Labute approximate surface area is 71.2 Å². The number of hydrogen-bond acceptors (Lipinski definition) is 2. The molecule has 0 aromatic heterocycles. The molecule has 0 spiro atoms. The van der Waals surface area contributed by atoms with Gasteiger partial charge in [-0.25, -0.2) is 0 Å². The van der Waals surface area contributed by atoms with Gasteiger partial charge in [0.05, 0.1) is 12.0 Å². The highest BCUT2D eigenvalue weighted by atomic mass is 35.5. The van der Waals surface area contributed by atoms with E-state index in [1.165, 1.54) is 0 Å². The van der Waals surface area contributed by atoms with E-state index < -0.39 is 0 Å². The fourth-order valence-corrected chi connectivity index (χ4v) is 1.52. The summed E-state index contributed by atoms with van der Waals surface area (Å²) in [5, 5.41) is -0.291. The Morgan fingerprint density at radius 1 is 1.73 bits per heavy atom. The molecule has 0 heterocycles. The van der Waals surface area contributed by atoms with Crippen LogP contribution in [0.5, 0.6) is 0 Å². The summed E-state index contributed by atoms with van der Waals surface area (Å²) >= 11 is 5.38. The van der Waals surface area contributed by atoms with Crippen LogP contribution < -0.4 is 0 Å². The van der Waals surface area contributed by atoms with Crippen LogP contribution >= 0.6 is 11.6 Å². The van der Waals surface area contributed by atoms with Gasteiger partial charge >= 0.3 is 0 Å². The number of carbonyl (C=O) groups is 1. The molecule has 1 rings (SSSR count). The van der Waals surface area contributed by atoms with E-state index >= 15 is 0 Å². The Bertz CT molecular complexity index is 177. The van der Waals surface area contributed by atoms with Crippen LogP contribution in [0.1, 0.15) is 12.8 Å². The maximum atomic E-state index is 10.8. The zero-order valence-corrected chi connectivity index (χ0v) is 7.17. The Hall–Kier alpha value is -0.340. The predicted molar refractivity (Wildman–Crippen MR) is 43.5 cm³/mol. The molecule has 0 N–H and O–H groups in total. The first-order chi connectivity index (χ1) is 5.25. The van der Waals surface area contributed by atoms with Crippen molar-refractivity contribution in [2.45, 2.75) is 18.9 Å². The van der Waals surface area contributed by atoms with E-state index in [2.05, 4.69) is 0 Å². The quantitative estimate of drug-likeness (QED) is 0.471. The second-order valence-corrected chi connectivity index (χ2v) is 2.99. The van der Waals surface area contributed by atoms with Crippen molar-refractivity contribution in [1.82, 2.24) is 0 Å². The Morgan fingerprint density at radius 2 is 2.45 bits per heavy atom. The number of carbonyl (C=O) groups excluding carboxylic acids is 1. The van der Waals surface area contributed by atoms with Crippen LogP contribution in [0.4, 0.5) is 0 Å². The van der Waals surface area contributed by atoms with E-state index in [1.54, 1.807) is 7.11 Å². The van der Waals surface area contributed by atoms with Crippen LogP contribution in [0, 0.1) is 5.92 Å². The first kappa shape index (κ1) is 8.75. The molecule has 0 radical (unpaired) electrons. The number of ether oxygens (including phenoxy) is 1. The third kappa shape index (κ3) is 2.04. The molecule has 0 amide bonds. The highest BCUT2D eigenvalue weighted by Gasteiger charge is 2.26. The Balaban J connectivity index is 2.63. The number of halogens is 1. The molecule has 1 aliphatic carbocycles. The van der Waals surface area contributed by atoms with Gasteiger partial charge in [0.25, 0.3) is 0 Å². The maximum Gasteiger partial charge on any atom is 0.227 e. The summed E-state index contributed by atoms with van der Waals surface area (Å²) in [7, 11) is 1.59. The summed E-state index contributed by atoms with van der Waals surface area (Å²) in [6.07, 6.45) is 5.52. The van der Waals surface area contributed by atoms with Gasteiger partial charge in [-0.2, -0.15) is 0 Å². The summed E-state index contributed by atoms with van der Waals surface area (Å²) in [4.78, 5) is 10.8. The van der Waals surface area contributed by atoms with E-state index in [9.17, 15) is 4.79 Å². The second-order valence-electron chi connectivity index (χ2n) is 2.62. The molecule has 0 saturated heterocycles. The van der Waals surface area contributed by atoms with Crippen molar-refractivity contribution in [2.75, 3.05) is 7.11 Å². The van der Waals surface area contributed by atoms with Crippen molar-refractivity contribution in [1.29, 1.82) is 0 Å². The zero-order valence-electron chi connectivity index (χ0n) is 6.42. The smallest absolute Gasteiger partial charge is 0.227 e. The zero-order chi connectivity index (χ0) is 8.27. The highest BCUT2D eigenvalue weighted by Crippen LogP contribution is 2.23. The van der Waals surface area contributed by atoms with Gasteiger partial charge in [0.1, 0.15) is 0 Å². The minimum Gasteiger partial charge on any atom is -0.377 e. The van der Waals surface area contributed by atoms with Crippen molar-refractivity contribution in [3.05, 3.63) is 12.2 Å². The van der Waals surface area contributed by atoms with Gasteiger partial charge in [0.2, 0.25) is 5.24 Å². The van der Waals surface area contributed by atoms with E-state index in [0.29, 0.717) is 0 Å². The highest BCUT2D eigenvalue weighted by molar-refractivity contribution is 6.64. The van der Waals surface area contributed by atoms with Gasteiger partial charge in [-0.15, -0.1) is 0 Å². The normalized spacial score (nSPS) is 30.4. The molecular formula is C8H11ClO2. The minimum absolute atomic E-state index is 0.117. The topological polar surface area (TPSA) is 26.3 Å². The molecule has 62 valence electrons. The van der Waals surface area contributed by atoms with Crippen LogP contribution in [0.15, 0.2) is 12.2 Å². The number of rotatable bonds is 2. The largest absolute Gasteiger partial charge is 0.377 e. The molecule has 0 fully saturated rings. The molecular weight excluding hydrogens is 164 g/mol. The third-order valence-corrected chi connectivity index (χ3v) is 2.21. The molecule has 0 bridgehead atoms. The molecule has 1 aliphatic rings. The number of allylic oxidation sites excluding steroid dienone is 1. The molecule has 0 aromatic rings. The Kier molecular flexibility index (Phi) is 3.09. The first-order valence-electron chi connectivity index (χ1n) is 3.64. The number of methoxy groups -OCH3 is 1. The van der Waals surface area contributed by atoms with E-state index in [0.717, 1.165) is 12.8 Å². The molecule has 0 unspecified atom stereocenters. The van der Waals surface area contributed by atoms with Crippen LogP contribution in [0.3, 0.4) is 0 Å². The van der Waals surface area contributed by atoms with Crippen molar-refractivity contribution in [3.8, 4) is 0 Å². The second kappa shape index (κ2) is 3.88. The summed E-state index contributed by atoms with van der Waals surface area (Å²) < 4.78 is 5.07. The molecule has 0 aliphatic heterocycles. The molecule has 2 nitrogen and oxygen atoms in total. The molecule has 0 saturated carbocycles. The van der Waals surface area contributed by atoms with Crippen LogP contribution in [0.25, 0.3) is 0 Å². The van der Waals surface area contributed by atoms with Gasteiger partial charge in [-0.3, -0.25) is 4.79 Å². The van der Waals surface area contributed by atoms with Gasteiger partial charge in [-0.1, -0.05) is 12.2 Å². The van der Waals surface area contributed by atoms with Crippen LogP contribution in [0.2, 0.25) is 0 Å². The van der Waals surface area contributed by atoms with Crippen molar-refractivity contribution in [3.63, 3.8) is 0 Å². The lowest BCUT2D eigenvalue weighted by molar-refractivity contribution is -0.118. The first-order valence-corrected chi connectivity index (χ1v) is 4.02. The van der Waals surface area contributed by atoms with Crippen LogP contribution in [-0.4, -0.2) is 18.5 Å². The van der Waals surface area contributed by atoms with E-state index in [-0.39, 0.29) is 17.3 Å². The van der Waals surface area contributed by atoms with E-state index in [1.807, 2.05) is 12.2 Å². The minimum atomic E-state index is -0.291. The summed E-state index contributed by atoms with van der Waals surface area (Å²) in [6, 6.07) is 0. The van der Waals surface area contributed by atoms with Gasteiger partial charge in [-0.05, 0) is 24.4 Å². The predicted octanol–water partition coefficient (Wildman–Crippen LogP) is 1.73. The van der Waals surface area contributed by atoms with Gasteiger partial charge in [0, 0.05) is 7.11 Å². The monoisotopic (exact) mass is 174 g/mol. The van der Waals surface area contributed by atoms with Crippen molar-refractivity contribution < 1.29 is 9.53 Å². The molecule has 2 atom stereocenters. The third-order valence-electron chi connectivity index (χ3n) is 1.93. The average Bonchev–Trinajstić information content (AvgIpc) is 2.04. The van der Waals surface area contributed by atoms with E-state index in [4.69, 9.17) is 16.3 Å². The molecule has 0 aromatic carbocycles. The lowest BCUT2D eigenvalue weighted by Crippen LogP contribution is -2.27. The molecule has 11 heavy (non-hydrogen) atoms. The standard InChI is InChI=1S/C8H11ClO2/c1-11-7-5-3-2-4-6(7)8(9)10/h3,5-7H,2,4H2,1H3/t6-,7+/m0/s1. The fourth-order valence-electron chi connectivity index (χ4n) is 1.29. The van der Waals surface area contributed by atoms with Crippen LogP contribution in [-0.2, 0) is 9.53 Å². The fraction of sp³-hybridized carbons (Fsp3) is 0.625. The van der Waals surface area contributed by atoms with Crippen molar-refractivity contribution >= 4 is 16.8 Å². The van der Waals surface area contributed by atoms with Gasteiger partial charge < -0.3 is 4.74 Å². The van der Waals surface area contributed by atoms with Crippen molar-refractivity contribution in [2.24, 2.45) is 5.92 Å². The Morgan fingerprint density at radius 3 is 2.91 bits per heavy atom. The maximum absolute atomic E-state index is 10.8. The summed E-state index contributed by atoms with van der Waals surface area (Å²) in [5.74, 6) is -0.147. The lowest BCUT2D eigenvalue weighted by atomic mass is 9.93. The lowest BCUT2D eigenvalue weighted by Gasteiger charge is -2.22. The summed E-state index contributed by atoms with van der Waals surface area (Å²) in [6.45, 7) is 0.